The van der Waals surface area contributed by atoms with Gasteiger partial charge in [-0.05, 0) is 0 Å². The van der Waals surface area contributed by atoms with E-state index in [0.29, 0.717) is 5.69 Å². The molecule has 1 rings (SSSR count). The Bertz CT molecular complexity index is 360. The zero-order chi connectivity index (χ0) is 12.1. The summed E-state index contributed by atoms with van der Waals surface area (Å²) in [6.45, 7) is -0.235. The number of aliphatic hydroxyl groups is 2. The van der Waals surface area contributed by atoms with Crippen LogP contribution in [0.15, 0.2) is 12.1 Å². The van der Waals surface area contributed by atoms with E-state index in [-0.39, 0.29) is 24.6 Å². The molecule has 0 aromatic heterocycles. The zero-order valence-electron chi connectivity index (χ0n) is 8.90. The number of rotatable bonds is 5. The molecule has 1 unspecified atom stereocenters. The van der Waals surface area contributed by atoms with Crippen LogP contribution < -0.4 is 15.8 Å². The standard InChI is InChI=1S/C10H15FN2O3/c1-16-10-3-9(8(12)2-7(10)11)13-4-6(15)5-14/h2-3,6,13-15H,4-5,12H2,1H3. The van der Waals surface area contributed by atoms with Gasteiger partial charge in [0.05, 0.1) is 31.2 Å². The summed E-state index contributed by atoms with van der Waals surface area (Å²) in [4.78, 5) is 0. The highest BCUT2D eigenvalue weighted by Crippen LogP contribution is 2.27. The minimum atomic E-state index is -0.893. The summed E-state index contributed by atoms with van der Waals surface area (Å²) in [6.07, 6.45) is -0.893. The van der Waals surface area contributed by atoms with Gasteiger partial charge in [0.15, 0.2) is 11.6 Å². The van der Waals surface area contributed by atoms with E-state index < -0.39 is 11.9 Å². The minimum absolute atomic E-state index is 0.0650. The van der Waals surface area contributed by atoms with Crippen molar-refractivity contribution in [2.75, 3.05) is 31.3 Å². The highest BCUT2D eigenvalue weighted by molar-refractivity contribution is 5.68. The van der Waals surface area contributed by atoms with Gasteiger partial charge in [-0.2, -0.15) is 0 Å². The topological polar surface area (TPSA) is 87.7 Å². The number of methoxy groups -OCH3 is 1. The van der Waals surface area contributed by atoms with Crippen molar-refractivity contribution in [1.29, 1.82) is 0 Å². The predicted octanol–water partition coefficient (Wildman–Crippen LogP) is 0.182. The van der Waals surface area contributed by atoms with E-state index in [4.69, 9.17) is 20.7 Å². The number of aliphatic hydroxyl groups excluding tert-OH is 2. The third-order valence-corrected chi connectivity index (χ3v) is 2.06. The molecule has 0 radical (unpaired) electrons. The number of nitrogens with one attached hydrogen (secondary N) is 1. The Morgan fingerprint density at radius 3 is 2.81 bits per heavy atom. The van der Waals surface area contributed by atoms with Gasteiger partial charge < -0.3 is 26.0 Å². The number of halogens is 1. The monoisotopic (exact) mass is 230 g/mol. The van der Waals surface area contributed by atoms with Crippen LogP contribution in [0.1, 0.15) is 0 Å². The molecule has 0 bridgehead atoms. The third-order valence-electron chi connectivity index (χ3n) is 2.06. The van der Waals surface area contributed by atoms with Gasteiger partial charge in [-0.15, -0.1) is 0 Å². The normalized spacial score (nSPS) is 12.2. The molecule has 0 aliphatic heterocycles. The number of hydrogen-bond acceptors (Lipinski definition) is 5. The number of ether oxygens (including phenoxy) is 1. The molecule has 0 fully saturated rings. The van der Waals surface area contributed by atoms with Crippen molar-refractivity contribution in [1.82, 2.24) is 0 Å². The SMILES string of the molecule is COc1cc(NCC(O)CO)c(N)cc1F. The van der Waals surface area contributed by atoms with Gasteiger partial charge in [-0.1, -0.05) is 0 Å². The van der Waals surface area contributed by atoms with E-state index in [0.717, 1.165) is 6.07 Å². The molecule has 0 spiro atoms. The second kappa shape index (κ2) is 5.53. The number of anilines is 2. The lowest BCUT2D eigenvalue weighted by atomic mass is 10.2. The van der Waals surface area contributed by atoms with Crippen molar-refractivity contribution in [3.8, 4) is 5.75 Å². The largest absolute Gasteiger partial charge is 0.494 e. The molecule has 16 heavy (non-hydrogen) atoms. The van der Waals surface area contributed by atoms with E-state index in [9.17, 15) is 4.39 Å². The first kappa shape index (κ1) is 12.5. The summed E-state index contributed by atoms with van der Waals surface area (Å²) >= 11 is 0. The van der Waals surface area contributed by atoms with Gasteiger partial charge in [-0.3, -0.25) is 0 Å². The molecule has 0 saturated heterocycles. The van der Waals surface area contributed by atoms with E-state index in [1.54, 1.807) is 0 Å². The number of hydrogen-bond donors (Lipinski definition) is 4. The second-order valence-electron chi connectivity index (χ2n) is 3.29. The molecule has 0 heterocycles. The Balaban J connectivity index is 2.79. The summed E-state index contributed by atoms with van der Waals surface area (Å²) < 4.78 is 18.0. The van der Waals surface area contributed by atoms with Crippen LogP contribution >= 0.6 is 0 Å². The highest BCUT2D eigenvalue weighted by Gasteiger charge is 2.09. The Hall–Kier alpha value is -1.53. The molecule has 6 heteroatoms. The molecular formula is C10H15FN2O3. The van der Waals surface area contributed by atoms with Crippen LogP contribution in [0.25, 0.3) is 0 Å². The van der Waals surface area contributed by atoms with Crippen molar-refractivity contribution in [3.63, 3.8) is 0 Å². The zero-order valence-corrected chi connectivity index (χ0v) is 8.90. The maximum absolute atomic E-state index is 13.2. The molecule has 5 nitrogen and oxygen atoms in total. The van der Waals surface area contributed by atoms with Crippen LogP contribution in [0.4, 0.5) is 15.8 Å². The molecule has 1 aromatic carbocycles. The molecule has 0 amide bonds. The Kier molecular flexibility index (Phi) is 4.33. The third kappa shape index (κ3) is 2.98. The van der Waals surface area contributed by atoms with Crippen molar-refractivity contribution in [2.45, 2.75) is 6.10 Å². The summed E-state index contributed by atoms with van der Waals surface area (Å²) in [5, 5.41) is 20.5. The summed E-state index contributed by atoms with van der Waals surface area (Å²) in [5.74, 6) is -0.483. The number of nitrogen functional groups attached to an aromatic ring is 1. The lowest BCUT2D eigenvalue weighted by Gasteiger charge is -2.13. The van der Waals surface area contributed by atoms with Crippen molar-refractivity contribution < 1.29 is 19.3 Å². The molecule has 90 valence electrons. The second-order valence-corrected chi connectivity index (χ2v) is 3.29. The number of nitrogens with two attached hydrogens (primary N) is 1. The van der Waals surface area contributed by atoms with Crippen LogP contribution in [0.2, 0.25) is 0 Å². The fraction of sp³-hybridized carbons (Fsp3) is 0.400. The summed E-state index contributed by atoms with van der Waals surface area (Å²) in [5.41, 5.74) is 6.23. The summed E-state index contributed by atoms with van der Waals surface area (Å²) in [7, 11) is 1.35. The van der Waals surface area contributed by atoms with Crippen LogP contribution in [-0.4, -0.2) is 36.6 Å². The highest BCUT2D eigenvalue weighted by atomic mass is 19.1. The van der Waals surface area contributed by atoms with Gasteiger partial charge in [0.2, 0.25) is 0 Å². The lowest BCUT2D eigenvalue weighted by Crippen LogP contribution is -2.23. The molecular weight excluding hydrogens is 215 g/mol. The van der Waals surface area contributed by atoms with E-state index in [2.05, 4.69) is 5.32 Å². The molecule has 0 aliphatic rings. The Morgan fingerprint density at radius 1 is 1.56 bits per heavy atom. The average Bonchev–Trinajstić information content (AvgIpc) is 2.27. The van der Waals surface area contributed by atoms with Crippen molar-refractivity contribution >= 4 is 11.4 Å². The first-order chi connectivity index (χ1) is 7.58. The molecule has 1 aromatic rings. The number of benzene rings is 1. The van der Waals surface area contributed by atoms with Gasteiger partial charge in [0, 0.05) is 18.7 Å². The maximum Gasteiger partial charge on any atom is 0.167 e. The average molecular weight is 230 g/mol. The van der Waals surface area contributed by atoms with Crippen molar-refractivity contribution in [3.05, 3.63) is 17.9 Å². The van der Waals surface area contributed by atoms with Crippen molar-refractivity contribution in [2.24, 2.45) is 0 Å². The maximum atomic E-state index is 13.2. The molecule has 1 atom stereocenters. The van der Waals surface area contributed by atoms with Crippen LogP contribution in [0, 0.1) is 5.82 Å². The minimum Gasteiger partial charge on any atom is -0.494 e. The van der Waals surface area contributed by atoms with Gasteiger partial charge in [-0.25, -0.2) is 4.39 Å². The fourth-order valence-corrected chi connectivity index (χ4v) is 1.17. The molecule has 0 aliphatic carbocycles. The fourth-order valence-electron chi connectivity index (χ4n) is 1.17. The van der Waals surface area contributed by atoms with Crippen LogP contribution in [0.3, 0.4) is 0 Å². The first-order valence-corrected chi connectivity index (χ1v) is 4.74. The molecule has 5 N–H and O–H groups in total. The lowest BCUT2D eigenvalue weighted by molar-refractivity contribution is 0.105. The Labute approximate surface area is 92.6 Å². The molecule has 0 saturated carbocycles. The van der Waals surface area contributed by atoms with Gasteiger partial charge in [0.25, 0.3) is 0 Å². The van der Waals surface area contributed by atoms with Gasteiger partial charge >= 0.3 is 0 Å². The Morgan fingerprint density at radius 2 is 2.25 bits per heavy atom. The van der Waals surface area contributed by atoms with Gasteiger partial charge in [0.1, 0.15) is 0 Å². The van der Waals surface area contributed by atoms with Crippen LogP contribution in [-0.2, 0) is 0 Å². The van der Waals surface area contributed by atoms with E-state index >= 15 is 0 Å². The quantitative estimate of drug-likeness (QED) is 0.542. The van der Waals surface area contributed by atoms with E-state index in [1.165, 1.54) is 13.2 Å². The van der Waals surface area contributed by atoms with Crippen LogP contribution in [0.5, 0.6) is 5.75 Å². The summed E-state index contributed by atoms with van der Waals surface area (Å²) in [6, 6.07) is 2.53. The first-order valence-electron chi connectivity index (χ1n) is 4.74. The smallest absolute Gasteiger partial charge is 0.167 e. The predicted molar refractivity (Wildman–Crippen MR) is 58.9 cm³/mol. The van der Waals surface area contributed by atoms with E-state index in [1.807, 2.05) is 0 Å².